The fourth-order valence-corrected chi connectivity index (χ4v) is 3.48. The number of carbonyl (C=O) groups is 3. The number of nitrogens with one attached hydrogen (secondary N) is 1. The fraction of sp³-hybridized carbons (Fsp3) is 0.0417. The molecule has 33 heavy (non-hydrogen) atoms. The van der Waals surface area contributed by atoms with Gasteiger partial charge in [-0.15, -0.1) is 0 Å². The molecule has 3 aromatic carbocycles. The first-order valence-corrected chi connectivity index (χ1v) is 10.4. The highest BCUT2D eigenvalue weighted by Crippen LogP contribution is 2.27. The van der Waals surface area contributed by atoms with Crippen molar-refractivity contribution in [2.45, 2.75) is 6.61 Å². The third-order valence-electron chi connectivity index (χ3n) is 4.78. The molecule has 1 saturated heterocycles. The van der Waals surface area contributed by atoms with Gasteiger partial charge in [0.15, 0.2) is 0 Å². The van der Waals surface area contributed by atoms with E-state index < -0.39 is 23.7 Å². The largest absolute Gasteiger partial charge is 0.488 e. The van der Waals surface area contributed by atoms with Crippen molar-refractivity contribution in [2.24, 2.45) is 0 Å². The van der Waals surface area contributed by atoms with Crippen molar-refractivity contribution in [1.82, 2.24) is 5.32 Å². The lowest BCUT2D eigenvalue weighted by Gasteiger charge is -2.26. The Hall–Kier alpha value is -3.68. The average molecular weight is 485 g/mol. The highest BCUT2D eigenvalue weighted by atomic mass is 35.5. The Labute approximate surface area is 198 Å². The van der Waals surface area contributed by atoms with E-state index in [0.717, 1.165) is 22.6 Å². The summed E-state index contributed by atoms with van der Waals surface area (Å²) in [5, 5.41) is 2.94. The summed E-state index contributed by atoms with van der Waals surface area (Å²) in [4.78, 5) is 38.5. The van der Waals surface area contributed by atoms with Gasteiger partial charge in [-0.05, 0) is 54.1 Å². The molecular weight excluding hydrogens is 470 g/mol. The fourth-order valence-electron chi connectivity index (χ4n) is 3.16. The van der Waals surface area contributed by atoms with Gasteiger partial charge in [-0.25, -0.2) is 14.1 Å². The Morgan fingerprint density at radius 1 is 0.939 bits per heavy atom. The van der Waals surface area contributed by atoms with Crippen LogP contribution in [-0.2, 0) is 16.2 Å². The first-order valence-electron chi connectivity index (χ1n) is 9.66. The van der Waals surface area contributed by atoms with Crippen LogP contribution in [-0.4, -0.2) is 17.8 Å². The Morgan fingerprint density at radius 2 is 1.67 bits per heavy atom. The van der Waals surface area contributed by atoms with Crippen LogP contribution in [0.1, 0.15) is 11.1 Å². The Balaban J connectivity index is 1.62. The van der Waals surface area contributed by atoms with Crippen LogP contribution in [0.15, 0.2) is 72.3 Å². The van der Waals surface area contributed by atoms with E-state index in [9.17, 15) is 18.8 Å². The molecule has 1 fully saturated rings. The molecule has 1 aliphatic rings. The topological polar surface area (TPSA) is 75.7 Å². The second kappa shape index (κ2) is 9.44. The molecular formula is C24H15Cl2FN2O4. The highest BCUT2D eigenvalue weighted by Gasteiger charge is 2.37. The van der Waals surface area contributed by atoms with Crippen molar-refractivity contribution in [1.29, 1.82) is 0 Å². The van der Waals surface area contributed by atoms with Crippen molar-refractivity contribution in [3.05, 3.63) is 99.3 Å². The number of hydrogen-bond acceptors (Lipinski definition) is 4. The molecule has 9 heteroatoms. The maximum Gasteiger partial charge on any atom is 0.335 e. The predicted molar refractivity (Wildman–Crippen MR) is 123 cm³/mol. The maximum atomic E-state index is 13.3. The van der Waals surface area contributed by atoms with Crippen molar-refractivity contribution < 1.29 is 23.5 Å². The summed E-state index contributed by atoms with van der Waals surface area (Å²) in [5.74, 6) is -1.80. The Kier molecular flexibility index (Phi) is 6.44. The Bertz CT molecular complexity index is 1290. The second-order valence-corrected chi connectivity index (χ2v) is 7.82. The molecule has 1 heterocycles. The number of halogens is 3. The first kappa shape index (κ1) is 22.5. The second-order valence-electron chi connectivity index (χ2n) is 7.01. The number of amides is 4. The molecule has 4 rings (SSSR count). The molecule has 0 aromatic heterocycles. The van der Waals surface area contributed by atoms with Gasteiger partial charge >= 0.3 is 6.03 Å². The van der Waals surface area contributed by atoms with E-state index in [-0.39, 0.29) is 17.9 Å². The van der Waals surface area contributed by atoms with Crippen LogP contribution in [0.5, 0.6) is 5.75 Å². The predicted octanol–water partition coefficient (Wildman–Crippen LogP) is 5.38. The number of carbonyl (C=O) groups excluding carboxylic acids is 3. The number of hydrogen-bond donors (Lipinski definition) is 1. The van der Waals surface area contributed by atoms with Gasteiger partial charge in [0.05, 0.1) is 15.7 Å². The summed E-state index contributed by atoms with van der Waals surface area (Å²) < 4.78 is 19.1. The van der Waals surface area contributed by atoms with Crippen LogP contribution in [0.25, 0.3) is 6.08 Å². The monoisotopic (exact) mass is 484 g/mol. The van der Waals surface area contributed by atoms with Gasteiger partial charge < -0.3 is 4.74 Å². The minimum absolute atomic E-state index is 0.126. The van der Waals surface area contributed by atoms with Crippen LogP contribution < -0.4 is 15.0 Å². The number of rotatable bonds is 5. The molecule has 0 saturated carbocycles. The van der Waals surface area contributed by atoms with Crippen molar-refractivity contribution in [3.8, 4) is 5.75 Å². The molecule has 0 aliphatic carbocycles. The van der Waals surface area contributed by atoms with E-state index >= 15 is 0 Å². The minimum atomic E-state index is -0.919. The van der Waals surface area contributed by atoms with Crippen LogP contribution in [0.3, 0.4) is 0 Å². The smallest absolute Gasteiger partial charge is 0.335 e. The summed E-state index contributed by atoms with van der Waals surface area (Å²) in [7, 11) is 0. The van der Waals surface area contributed by atoms with Crippen molar-refractivity contribution in [3.63, 3.8) is 0 Å². The third-order valence-corrected chi connectivity index (χ3v) is 5.52. The quantitative estimate of drug-likeness (QED) is 0.389. The van der Waals surface area contributed by atoms with Crippen molar-refractivity contribution in [2.75, 3.05) is 4.90 Å². The Morgan fingerprint density at radius 3 is 2.39 bits per heavy atom. The van der Waals surface area contributed by atoms with E-state index in [4.69, 9.17) is 27.9 Å². The molecule has 1 N–H and O–H groups in total. The van der Waals surface area contributed by atoms with E-state index in [1.54, 1.807) is 42.5 Å². The zero-order chi connectivity index (χ0) is 23.5. The number of ether oxygens (including phenoxy) is 1. The van der Waals surface area contributed by atoms with Gasteiger partial charge in [0.2, 0.25) is 0 Å². The van der Waals surface area contributed by atoms with Gasteiger partial charge in [0.1, 0.15) is 23.7 Å². The lowest BCUT2D eigenvalue weighted by atomic mass is 10.1. The molecule has 3 aromatic rings. The van der Waals surface area contributed by atoms with Gasteiger partial charge in [-0.3, -0.25) is 14.9 Å². The van der Waals surface area contributed by atoms with E-state index in [2.05, 4.69) is 5.32 Å². The highest BCUT2D eigenvalue weighted by molar-refractivity contribution is 6.42. The van der Waals surface area contributed by atoms with E-state index in [1.165, 1.54) is 18.2 Å². The van der Waals surface area contributed by atoms with Gasteiger partial charge in [-0.1, -0.05) is 47.5 Å². The number of imide groups is 2. The van der Waals surface area contributed by atoms with Crippen LogP contribution >= 0.6 is 23.2 Å². The van der Waals surface area contributed by atoms with Crippen molar-refractivity contribution >= 4 is 52.8 Å². The van der Waals surface area contributed by atoms with Crippen LogP contribution in [0, 0.1) is 5.82 Å². The molecule has 0 unspecified atom stereocenters. The number of anilines is 1. The minimum Gasteiger partial charge on any atom is -0.488 e. The van der Waals surface area contributed by atoms with Crippen LogP contribution in [0.2, 0.25) is 10.0 Å². The molecule has 0 bridgehead atoms. The third kappa shape index (κ3) is 4.89. The summed E-state index contributed by atoms with van der Waals surface area (Å²) in [6, 6.07) is 15.7. The average Bonchev–Trinajstić information content (AvgIpc) is 2.79. The zero-order valence-electron chi connectivity index (χ0n) is 16.8. The maximum absolute atomic E-state index is 13.3. The number of benzene rings is 3. The number of nitrogens with zero attached hydrogens (tertiary/aromatic N) is 1. The SMILES string of the molecule is O=C1NC(=O)N(c2ccc(F)cc2)C(=O)/C1=C/c1ccccc1OCc1ccc(Cl)c(Cl)c1. The molecule has 1 aliphatic heterocycles. The van der Waals surface area contributed by atoms with Gasteiger partial charge in [0.25, 0.3) is 11.8 Å². The van der Waals surface area contributed by atoms with E-state index in [0.29, 0.717) is 21.4 Å². The molecule has 4 amide bonds. The molecule has 6 nitrogen and oxygen atoms in total. The number of para-hydroxylation sites is 1. The zero-order valence-corrected chi connectivity index (χ0v) is 18.4. The normalized spacial score (nSPS) is 15.1. The molecule has 0 atom stereocenters. The lowest BCUT2D eigenvalue weighted by Crippen LogP contribution is -2.54. The standard InChI is InChI=1S/C24H15Cl2FN2O4/c25-19-10-5-14(11-20(19)26)13-33-21-4-2-1-3-15(21)12-18-22(30)28-24(32)29(23(18)31)17-8-6-16(27)7-9-17/h1-12H,13H2,(H,28,30,32)/b18-12+. The summed E-state index contributed by atoms with van der Waals surface area (Å²) >= 11 is 12.0. The molecule has 166 valence electrons. The number of urea groups is 1. The summed E-state index contributed by atoms with van der Waals surface area (Å²) in [5.41, 5.74) is 1.07. The lowest BCUT2D eigenvalue weighted by molar-refractivity contribution is -0.122. The number of barbiturate groups is 1. The summed E-state index contributed by atoms with van der Waals surface area (Å²) in [6.07, 6.45) is 1.34. The molecule has 0 spiro atoms. The molecule has 0 radical (unpaired) electrons. The first-order chi connectivity index (χ1) is 15.8. The van der Waals surface area contributed by atoms with Gasteiger partial charge in [-0.2, -0.15) is 0 Å². The van der Waals surface area contributed by atoms with Crippen LogP contribution in [0.4, 0.5) is 14.9 Å². The summed E-state index contributed by atoms with van der Waals surface area (Å²) in [6.45, 7) is 0.164. The van der Waals surface area contributed by atoms with E-state index in [1.807, 2.05) is 0 Å². The van der Waals surface area contributed by atoms with Gasteiger partial charge in [0, 0.05) is 5.56 Å².